The molecule has 0 saturated carbocycles. The zero-order valence-electron chi connectivity index (χ0n) is 19.9. The van der Waals surface area contributed by atoms with E-state index in [0.717, 1.165) is 17.0 Å². The van der Waals surface area contributed by atoms with Gasteiger partial charge in [0.15, 0.2) is 22.9 Å². The molecule has 11 heteroatoms. The number of methoxy groups -OCH3 is 1. The Kier molecular flexibility index (Phi) is 6.22. The van der Waals surface area contributed by atoms with Gasteiger partial charge in [0.2, 0.25) is 5.78 Å². The monoisotopic (exact) mass is 545 g/mol. The molecule has 0 aliphatic carbocycles. The number of aliphatic hydroxyl groups is 1. The van der Waals surface area contributed by atoms with Crippen LogP contribution in [-0.4, -0.2) is 28.8 Å². The largest absolute Gasteiger partial charge is 0.503 e. The van der Waals surface area contributed by atoms with Crippen molar-refractivity contribution < 1.29 is 41.4 Å². The van der Waals surface area contributed by atoms with E-state index in [-0.39, 0.29) is 40.5 Å². The second kappa shape index (κ2) is 9.29. The Bertz CT molecular complexity index is 1620. The number of hydrogen-bond acceptors (Lipinski definition) is 6. The lowest BCUT2D eigenvalue weighted by Crippen LogP contribution is -2.30. The summed E-state index contributed by atoms with van der Waals surface area (Å²) in [6.07, 6.45) is -4.59. The lowest BCUT2D eigenvalue weighted by atomic mass is 9.99. The van der Waals surface area contributed by atoms with Gasteiger partial charge in [0.05, 0.1) is 18.2 Å². The molecule has 1 unspecified atom stereocenters. The lowest BCUT2D eigenvalue weighted by Gasteiger charge is -2.25. The van der Waals surface area contributed by atoms with Gasteiger partial charge in [0, 0.05) is 23.0 Å². The van der Waals surface area contributed by atoms with Crippen molar-refractivity contribution in [2.75, 3.05) is 7.11 Å². The van der Waals surface area contributed by atoms with E-state index >= 15 is 0 Å². The highest BCUT2D eigenvalue weighted by Gasteiger charge is 2.46. The summed E-state index contributed by atoms with van der Waals surface area (Å²) in [5, 5.41) is 11.6. The third-order valence-electron chi connectivity index (χ3n) is 6.18. The minimum Gasteiger partial charge on any atom is -0.503 e. The number of fused-ring (bicyclic) bond motifs is 1. The number of aliphatic hydroxyl groups excluding tert-OH is 1. The molecule has 0 spiro atoms. The summed E-state index contributed by atoms with van der Waals surface area (Å²) in [6.45, 7) is 1.31. The number of nitrogens with zero attached hydrogens (tertiary/aromatic N) is 1. The van der Waals surface area contributed by atoms with Gasteiger partial charge in [-0.3, -0.25) is 9.59 Å². The van der Waals surface area contributed by atoms with Crippen molar-refractivity contribution in [2.24, 2.45) is 0 Å². The number of benzene rings is 2. The van der Waals surface area contributed by atoms with E-state index in [2.05, 4.69) is 0 Å². The second-order valence-electron chi connectivity index (χ2n) is 8.71. The molecule has 0 bridgehead atoms. The van der Waals surface area contributed by atoms with Crippen LogP contribution in [-0.2, 0) is 17.5 Å². The first-order chi connectivity index (χ1) is 18.0. The van der Waals surface area contributed by atoms with E-state index in [1.165, 1.54) is 37.4 Å². The fourth-order valence-corrected chi connectivity index (χ4v) is 4.69. The van der Waals surface area contributed by atoms with Crippen molar-refractivity contribution in [1.82, 2.24) is 4.90 Å². The van der Waals surface area contributed by atoms with Crippen LogP contribution in [0.4, 0.5) is 13.2 Å². The number of ketones is 1. The number of aryl methyl sites for hydroxylation is 1. The minimum atomic E-state index is -4.59. The van der Waals surface area contributed by atoms with Crippen molar-refractivity contribution in [1.29, 1.82) is 0 Å². The molecule has 1 N–H and O–H groups in total. The maximum atomic E-state index is 13.7. The summed E-state index contributed by atoms with van der Waals surface area (Å²) >= 11 is 6.11. The van der Waals surface area contributed by atoms with Gasteiger partial charge < -0.3 is 23.6 Å². The van der Waals surface area contributed by atoms with E-state index in [9.17, 15) is 27.9 Å². The Morgan fingerprint density at radius 2 is 1.89 bits per heavy atom. The molecule has 4 aromatic rings. The predicted molar refractivity (Wildman–Crippen MR) is 130 cm³/mol. The topological polar surface area (TPSA) is 93.1 Å². The number of carbonyl (C=O) groups excluding carboxylic acids is 2. The van der Waals surface area contributed by atoms with Crippen molar-refractivity contribution >= 4 is 34.3 Å². The van der Waals surface area contributed by atoms with Gasteiger partial charge in [-0.1, -0.05) is 23.7 Å². The van der Waals surface area contributed by atoms with E-state index < -0.39 is 35.2 Å². The van der Waals surface area contributed by atoms with Crippen LogP contribution < -0.4 is 4.74 Å². The first kappa shape index (κ1) is 25.5. The zero-order chi connectivity index (χ0) is 27.4. The molecule has 1 atom stereocenters. The number of rotatable bonds is 6. The molecule has 0 fully saturated rings. The van der Waals surface area contributed by atoms with Crippen LogP contribution in [0, 0.1) is 6.92 Å². The summed E-state index contributed by atoms with van der Waals surface area (Å²) in [5.41, 5.74) is -0.849. The SMILES string of the molecule is COc1cc(Cl)cc2cc(C(=O)C3=C(O)C(=O)N(Cc4cccc(C(F)(F)F)c4)C3c3ccc(C)o3)oc12. The molecule has 196 valence electrons. The first-order valence-electron chi connectivity index (χ1n) is 11.3. The number of ether oxygens (including phenoxy) is 1. The molecular weight excluding hydrogens is 527 g/mol. The van der Waals surface area contributed by atoms with Crippen LogP contribution in [0.5, 0.6) is 5.75 Å². The summed E-state index contributed by atoms with van der Waals surface area (Å²) in [5.74, 6) is -1.93. The van der Waals surface area contributed by atoms with Gasteiger partial charge in [0.1, 0.15) is 17.6 Å². The molecule has 2 aromatic carbocycles. The number of furan rings is 2. The van der Waals surface area contributed by atoms with Gasteiger partial charge in [-0.2, -0.15) is 13.2 Å². The third-order valence-corrected chi connectivity index (χ3v) is 6.40. The molecule has 2 aromatic heterocycles. The van der Waals surface area contributed by atoms with Gasteiger partial charge in [-0.05, 0) is 48.9 Å². The van der Waals surface area contributed by atoms with Crippen LogP contribution in [0.25, 0.3) is 11.0 Å². The van der Waals surface area contributed by atoms with E-state index in [4.69, 9.17) is 25.2 Å². The van der Waals surface area contributed by atoms with Gasteiger partial charge in [0.25, 0.3) is 5.91 Å². The predicted octanol–water partition coefficient (Wildman–Crippen LogP) is 6.79. The number of alkyl halides is 3. The quantitative estimate of drug-likeness (QED) is 0.268. The van der Waals surface area contributed by atoms with Crippen molar-refractivity contribution in [3.63, 3.8) is 0 Å². The highest BCUT2D eigenvalue weighted by Crippen LogP contribution is 2.42. The average Bonchev–Trinajstić information content (AvgIpc) is 3.55. The number of halogens is 4. The Morgan fingerprint density at radius 3 is 2.55 bits per heavy atom. The van der Waals surface area contributed by atoms with E-state index in [1.54, 1.807) is 19.1 Å². The molecular formula is C27H19ClF3NO6. The number of carbonyl (C=O) groups is 2. The number of Topliss-reactive ketones (excluding diaryl/α,β-unsaturated/α-hetero) is 1. The fraction of sp³-hybridized carbons (Fsp3) is 0.185. The Hall–Kier alpha value is -4.18. The van der Waals surface area contributed by atoms with Crippen molar-refractivity contribution in [2.45, 2.75) is 25.7 Å². The molecule has 0 saturated heterocycles. The summed E-state index contributed by atoms with van der Waals surface area (Å²) in [6, 6.07) is 10.8. The van der Waals surface area contributed by atoms with Crippen LogP contribution in [0.15, 0.2) is 74.8 Å². The molecule has 38 heavy (non-hydrogen) atoms. The Morgan fingerprint density at radius 1 is 1.13 bits per heavy atom. The van der Waals surface area contributed by atoms with Gasteiger partial charge in [-0.25, -0.2) is 0 Å². The van der Waals surface area contributed by atoms with Gasteiger partial charge >= 0.3 is 6.18 Å². The Balaban J connectivity index is 1.58. The molecule has 3 heterocycles. The lowest BCUT2D eigenvalue weighted by molar-refractivity contribution is -0.137. The van der Waals surface area contributed by atoms with Crippen LogP contribution in [0.3, 0.4) is 0 Å². The molecule has 1 aliphatic heterocycles. The van der Waals surface area contributed by atoms with Crippen LogP contribution >= 0.6 is 11.6 Å². The molecule has 7 nitrogen and oxygen atoms in total. The summed E-state index contributed by atoms with van der Waals surface area (Å²) in [4.78, 5) is 27.9. The highest BCUT2D eigenvalue weighted by molar-refractivity contribution is 6.31. The zero-order valence-corrected chi connectivity index (χ0v) is 20.7. The van der Waals surface area contributed by atoms with Crippen molar-refractivity contribution in [3.05, 3.63) is 99.4 Å². The maximum absolute atomic E-state index is 13.7. The second-order valence-corrected chi connectivity index (χ2v) is 9.15. The smallest absolute Gasteiger partial charge is 0.416 e. The summed E-state index contributed by atoms with van der Waals surface area (Å²) < 4.78 is 56.5. The highest BCUT2D eigenvalue weighted by atomic mass is 35.5. The average molecular weight is 546 g/mol. The van der Waals surface area contributed by atoms with Gasteiger partial charge in [-0.15, -0.1) is 0 Å². The molecule has 1 aliphatic rings. The normalized spacial score (nSPS) is 16.1. The Labute approximate surface area is 218 Å². The minimum absolute atomic E-state index is 0.145. The van der Waals surface area contributed by atoms with E-state index in [0.29, 0.717) is 16.2 Å². The van der Waals surface area contributed by atoms with Crippen LogP contribution in [0.1, 0.15) is 39.2 Å². The first-order valence-corrected chi connectivity index (χ1v) is 11.6. The van der Waals surface area contributed by atoms with Crippen LogP contribution in [0.2, 0.25) is 5.02 Å². The summed E-state index contributed by atoms with van der Waals surface area (Å²) in [7, 11) is 1.40. The molecule has 1 amide bonds. The van der Waals surface area contributed by atoms with E-state index in [1.807, 2.05) is 0 Å². The third kappa shape index (κ3) is 4.41. The van der Waals surface area contributed by atoms with Crippen molar-refractivity contribution in [3.8, 4) is 5.75 Å². The molecule has 0 radical (unpaired) electrons. The molecule has 5 rings (SSSR count). The number of hydrogen-bond donors (Lipinski definition) is 1. The standard InChI is InChI=1S/C27H19ClF3NO6/c1-13-6-7-18(37-13)22-21(23(33)19-10-15-9-17(28)11-20(36-2)25(15)38-19)24(34)26(35)32(22)12-14-4-3-5-16(8-14)27(29,30)31/h3-11,22,34H,12H2,1-2H3. The maximum Gasteiger partial charge on any atom is 0.416 e. The fourth-order valence-electron chi connectivity index (χ4n) is 4.47. The number of amides is 1.